The van der Waals surface area contributed by atoms with Crippen molar-refractivity contribution in [1.82, 2.24) is 5.48 Å². The second-order valence-corrected chi connectivity index (χ2v) is 3.34. The Morgan fingerprint density at radius 1 is 1.28 bits per heavy atom. The van der Waals surface area contributed by atoms with Gasteiger partial charge in [-0.15, -0.1) is 0 Å². The highest BCUT2D eigenvalue weighted by Gasteiger charge is 2.28. The average Bonchev–Trinajstić information content (AvgIpc) is 2.20. The molecule has 0 aliphatic carbocycles. The monoisotopic (exact) mass is 269 g/mol. The number of carbonyl (C=O) groups excluding carboxylic acids is 1. The zero-order valence-corrected chi connectivity index (χ0v) is 8.85. The van der Waals surface area contributed by atoms with Crippen LogP contribution in [0.5, 0.6) is 0 Å². The van der Waals surface area contributed by atoms with Crippen molar-refractivity contribution in [2.75, 3.05) is 6.61 Å². The third-order valence-corrected chi connectivity index (χ3v) is 1.79. The van der Waals surface area contributed by atoms with Crippen LogP contribution in [0.25, 0.3) is 0 Å². The molecule has 0 atom stereocenters. The number of nitrogens with one attached hydrogen (secondary N) is 1. The highest BCUT2D eigenvalue weighted by atomic mass is 19.4. The molecule has 18 heavy (non-hydrogen) atoms. The molecule has 3 nitrogen and oxygen atoms in total. The van der Waals surface area contributed by atoms with Crippen LogP contribution in [0.4, 0.5) is 22.0 Å². The van der Waals surface area contributed by atoms with Gasteiger partial charge in [-0.3, -0.25) is 9.63 Å². The van der Waals surface area contributed by atoms with Gasteiger partial charge in [-0.05, 0) is 11.6 Å². The first-order valence-corrected chi connectivity index (χ1v) is 4.69. The molecular weight excluding hydrogens is 261 g/mol. The lowest BCUT2D eigenvalue weighted by molar-refractivity contribution is -0.191. The van der Waals surface area contributed by atoms with E-state index in [9.17, 15) is 26.7 Å². The summed E-state index contributed by atoms with van der Waals surface area (Å²) in [4.78, 5) is 14.9. The number of halogens is 5. The van der Waals surface area contributed by atoms with Gasteiger partial charge < -0.3 is 0 Å². The van der Waals surface area contributed by atoms with Crippen LogP contribution in [0.1, 0.15) is 5.56 Å². The summed E-state index contributed by atoms with van der Waals surface area (Å²) in [6.07, 6.45) is -5.13. The number of carbonyl (C=O) groups is 1. The standard InChI is InChI=1S/C10H8F5NO2/c11-7-2-1-6(8(12)4-7)3-9(17)16-18-5-10(13,14)15/h1-2,4H,3,5H2,(H,16,17). The molecule has 100 valence electrons. The normalized spacial score (nSPS) is 11.4. The smallest absolute Gasteiger partial charge is 0.272 e. The van der Waals surface area contributed by atoms with E-state index in [1.54, 1.807) is 0 Å². The van der Waals surface area contributed by atoms with E-state index >= 15 is 0 Å². The number of amides is 1. The minimum Gasteiger partial charge on any atom is -0.272 e. The van der Waals surface area contributed by atoms with E-state index < -0.39 is 36.7 Å². The fourth-order valence-corrected chi connectivity index (χ4v) is 1.07. The molecule has 1 amide bonds. The first-order chi connectivity index (χ1) is 8.28. The maximum Gasteiger partial charge on any atom is 0.414 e. The van der Waals surface area contributed by atoms with E-state index in [-0.39, 0.29) is 5.56 Å². The summed E-state index contributed by atoms with van der Waals surface area (Å²) in [5.74, 6) is -2.74. The van der Waals surface area contributed by atoms with Crippen LogP contribution in [-0.2, 0) is 16.1 Å². The van der Waals surface area contributed by atoms with Gasteiger partial charge >= 0.3 is 6.18 Å². The summed E-state index contributed by atoms with van der Waals surface area (Å²) in [7, 11) is 0. The third-order valence-electron chi connectivity index (χ3n) is 1.79. The van der Waals surface area contributed by atoms with Crippen LogP contribution >= 0.6 is 0 Å². The first-order valence-electron chi connectivity index (χ1n) is 4.69. The molecular formula is C10H8F5NO2. The molecule has 0 saturated carbocycles. The molecule has 0 aromatic heterocycles. The number of hydroxylamine groups is 1. The molecule has 0 fully saturated rings. The molecule has 1 aromatic carbocycles. The molecule has 1 N–H and O–H groups in total. The van der Waals surface area contributed by atoms with Crippen molar-refractivity contribution >= 4 is 5.91 Å². The number of benzene rings is 1. The zero-order chi connectivity index (χ0) is 13.8. The molecule has 0 spiro atoms. The Morgan fingerprint density at radius 2 is 1.94 bits per heavy atom. The summed E-state index contributed by atoms with van der Waals surface area (Å²) in [5.41, 5.74) is 1.36. The lowest BCUT2D eigenvalue weighted by Gasteiger charge is -2.08. The van der Waals surface area contributed by atoms with Gasteiger partial charge in [0.25, 0.3) is 0 Å². The maximum absolute atomic E-state index is 13.1. The van der Waals surface area contributed by atoms with Gasteiger partial charge in [0.05, 0.1) is 6.42 Å². The van der Waals surface area contributed by atoms with Crippen LogP contribution in [0, 0.1) is 11.6 Å². The molecule has 1 aromatic rings. The molecule has 0 radical (unpaired) electrons. The van der Waals surface area contributed by atoms with Crippen molar-refractivity contribution in [3.63, 3.8) is 0 Å². The lowest BCUT2D eigenvalue weighted by atomic mass is 10.1. The zero-order valence-electron chi connectivity index (χ0n) is 8.85. The Kier molecular flexibility index (Phi) is 4.60. The van der Waals surface area contributed by atoms with Gasteiger partial charge in [-0.25, -0.2) is 14.3 Å². The fourth-order valence-electron chi connectivity index (χ4n) is 1.07. The topological polar surface area (TPSA) is 38.3 Å². The molecule has 0 heterocycles. The summed E-state index contributed by atoms with van der Waals surface area (Å²) in [6.45, 7) is -1.65. The van der Waals surface area contributed by atoms with E-state index in [1.165, 1.54) is 5.48 Å². The van der Waals surface area contributed by atoms with Crippen molar-refractivity contribution in [2.24, 2.45) is 0 Å². The van der Waals surface area contributed by atoms with E-state index in [4.69, 9.17) is 0 Å². The third kappa shape index (κ3) is 5.09. The molecule has 0 aliphatic heterocycles. The molecule has 8 heteroatoms. The van der Waals surface area contributed by atoms with Gasteiger partial charge in [0, 0.05) is 6.07 Å². The number of rotatable bonds is 4. The van der Waals surface area contributed by atoms with E-state index in [1.807, 2.05) is 0 Å². The number of hydrogen-bond donors (Lipinski definition) is 1. The molecule has 1 rings (SSSR count). The predicted molar refractivity (Wildman–Crippen MR) is 50.2 cm³/mol. The number of hydrogen-bond acceptors (Lipinski definition) is 2. The van der Waals surface area contributed by atoms with Gasteiger partial charge in [-0.1, -0.05) is 6.07 Å². The molecule has 0 unspecified atom stereocenters. The highest BCUT2D eigenvalue weighted by molar-refractivity contribution is 5.77. The van der Waals surface area contributed by atoms with E-state index in [0.717, 1.165) is 12.1 Å². The van der Waals surface area contributed by atoms with Crippen LogP contribution in [0.15, 0.2) is 18.2 Å². The quantitative estimate of drug-likeness (QED) is 0.671. The van der Waals surface area contributed by atoms with Crippen molar-refractivity contribution in [2.45, 2.75) is 12.6 Å². The molecule has 0 bridgehead atoms. The molecule has 0 aliphatic rings. The van der Waals surface area contributed by atoms with Crippen LogP contribution in [0.2, 0.25) is 0 Å². The number of alkyl halides is 3. The predicted octanol–water partition coefficient (Wildman–Crippen LogP) is 2.12. The summed E-state index contributed by atoms with van der Waals surface area (Å²) in [5, 5.41) is 0. The van der Waals surface area contributed by atoms with Gasteiger partial charge in [0.15, 0.2) is 6.61 Å². The summed E-state index contributed by atoms with van der Waals surface area (Å²) in [6, 6.07) is 2.52. The van der Waals surface area contributed by atoms with Crippen molar-refractivity contribution in [3.05, 3.63) is 35.4 Å². The minimum atomic E-state index is -4.57. The van der Waals surface area contributed by atoms with Gasteiger partial charge in [0.1, 0.15) is 11.6 Å². The molecule has 0 saturated heterocycles. The van der Waals surface area contributed by atoms with Gasteiger partial charge in [0.2, 0.25) is 5.91 Å². The maximum atomic E-state index is 13.1. The van der Waals surface area contributed by atoms with Crippen molar-refractivity contribution < 1.29 is 31.6 Å². The largest absolute Gasteiger partial charge is 0.414 e. The van der Waals surface area contributed by atoms with Crippen LogP contribution in [0.3, 0.4) is 0 Å². The minimum absolute atomic E-state index is 0.149. The van der Waals surface area contributed by atoms with Gasteiger partial charge in [-0.2, -0.15) is 13.2 Å². The summed E-state index contributed by atoms with van der Waals surface area (Å²) >= 11 is 0. The second-order valence-electron chi connectivity index (χ2n) is 3.34. The van der Waals surface area contributed by atoms with Crippen molar-refractivity contribution in [1.29, 1.82) is 0 Å². The van der Waals surface area contributed by atoms with E-state index in [0.29, 0.717) is 6.07 Å². The Balaban J connectivity index is 2.45. The average molecular weight is 269 g/mol. The SMILES string of the molecule is O=C(Cc1ccc(F)cc1F)NOCC(F)(F)F. The Morgan fingerprint density at radius 3 is 2.50 bits per heavy atom. The lowest BCUT2D eigenvalue weighted by Crippen LogP contribution is -2.30. The second kappa shape index (κ2) is 5.76. The highest BCUT2D eigenvalue weighted by Crippen LogP contribution is 2.14. The van der Waals surface area contributed by atoms with E-state index in [2.05, 4.69) is 4.84 Å². The Labute approximate surface area is 98.5 Å². The van der Waals surface area contributed by atoms with Crippen LogP contribution < -0.4 is 5.48 Å². The van der Waals surface area contributed by atoms with Crippen molar-refractivity contribution in [3.8, 4) is 0 Å². The van der Waals surface area contributed by atoms with Crippen LogP contribution in [-0.4, -0.2) is 18.7 Å². The Bertz CT molecular complexity index is 433. The fraction of sp³-hybridized carbons (Fsp3) is 0.300. The first kappa shape index (κ1) is 14.4. The summed E-state index contributed by atoms with van der Waals surface area (Å²) < 4.78 is 60.6. The Hall–Kier alpha value is -1.70.